The second-order valence-electron chi connectivity index (χ2n) is 7.83. The number of urea groups is 1. The molecule has 0 fully saturated rings. The largest absolute Gasteiger partial charge is 0.351 e. The maximum atomic E-state index is 11.2. The van der Waals surface area contributed by atoms with Gasteiger partial charge in [-0.2, -0.15) is 0 Å². The maximum absolute atomic E-state index is 11.2. The zero-order valence-electron chi connectivity index (χ0n) is 17.3. The second-order valence-corrected chi connectivity index (χ2v) is 7.83. The van der Waals surface area contributed by atoms with Gasteiger partial charge in [-0.15, -0.1) is 0 Å². The van der Waals surface area contributed by atoms with Gasteiger partial charge < -0.3 is 15.6 Å². The SMILES string of the molecule is CCCCn1c(CCC)cc(CC(C)C)c1Cc1cccc(NC(N)=O)c1. The molecule has 4 heteroatoms. The van der Waals surface area contributed by atoms with Crippen molar-refractivity contribution in [3.8, 4) is 0 Å². The average molecular weight is 370 g/mol. The first-order valence-corrected chi connectivity index (χ1v) is 10.3. The third-order valence-corrected chi connectivity index (χ3v) is 4.82. The van der Waals surface area contributed by atoms with E-state index in [0.29, 0.717) is 5.92 Å². The van der Waals surface area contributed by atoms with Crippen LogP contribution in [0.4, 0.5) is 10.5 Å². The molecule has 0 aliphatic heterocycles. The Hall–Kier alpha value is -2.23. The minimum Gasteiger partial charge on any atom is -0.351 e. The van der Waals surface area contributed by atoms with Gasteiger partial charge in [0.2, 0.25) is 0 Å². The molecule has 0 bridgehead atoms. The Kier molecular flexibility index (Phi) is 7.96. The number of rotatable bonds is 10. The van der Waals surface area contributed by atoms with E-state index in [0.717, 1.165) is 37.9 Å². The molecule has 0 saturated carbocycles. The van der Waals surface area contributed by atoms with Crippen molar-refractivity contribution in [2.75, 3.05) is 5.32 Å². The quantitative estimate of drug-likeness (QED) is 0.569. The molecule has 0 saturated heterocycles. The Labute approximate surface area is 164 Å². The molecule has 0 unspecified atom stereocenters. The third kappa shape index (κ3) is 6.16. The number of aryl methyl sites for hydroxylation is 1. The lowest BCUT2D eigenvalue weighted by atomic mass is 9.99. The van der Waals surface area contributed by atoms with Crippen molar-refractivity contribution in [3.05, 3.63) is 52.8 Å². The molecule has 3 N–H and O–H groups in total. The molecule has 1 heterocycles. The van der Waals surface area contributed by atoms with Gasteiger partial charge >= 0.3 is 6.03 Å². The summed E-state index contributed by atoms with van der Waals surface area (Å²) in [7, 11) is 0. The molecule has 0 aliphatic rings. The van der Waals surface area contributed by atoms with Gasteiger partial charge in [0.1, 0.15) is 0 Å². The lowest BCUT2D eigenvalue weighted by Gasteiger charge is -2.16. The molecular weight excluding hydrogens is 334 g/mol. The van der Waals surface area contributed by atoms with E-state index in [2.05, 4.69) is 49.7 Å². The Morgan fingerprint density at radius 1 is 1.19 bits per heavy atom. The zero-order valence-corrected chi connectivity index (χ0v) is 17.3. The summed E-state index contributed by atoms with van der Waals surface area (Å²) < 4.78 is 2.55. The summed E-state index contributed by atoms with van der Waals surface area (Å²) in [6.45, 7) is 10.1. The number of aromatic nitrogens is 1. The molecule has 0 spiro atoms. The highest BCUT2D eigenvalue weighted by Gasteiger charge is 2.16. The summed E-state index contributed by atoms with van der Waals surface area (Å²) in [5.74, 6) is 0.628. The van der Waals surface area contributed by atoms with E-state index in [1.807, 2.05) is 18.2 Å². The Morgan fingerprint density at radius 2 is 1.96 bits per heavy atom. The van der Waals surface area contributed by atoms with E-state index in [-0.39, 0.29) is 0 Å². The van der Waals surface area contributed by atoms with Gasteiger partial charge in [-0.1, -0.05) is 52.7 Å². The highest BCUT2D eigenvalue weighted by molar-refractivity contribution is 5.87. The van der Waals surface area contributed by atoms with Crippen LogP contribution >= 0.6 is 0 Å². The van der Waals surface area contributed by atoms with E-state index in [4.69, 9.17) is 5.73 Å². The molecule has 0 aliphatic carbocycles. The fourth-order valence-electron chi connectivity index (χ4n) is 3.69. The van der Waals surface area contributed by atoms with Crippen LogP contribution in [0, 0.1) is 5.92 Å². The number of benzene rings is 1. The molecule has 0 radical (unpaired) electrons. The van der Waals surface area contributed by atoms with Crippen LogP contribution in [0.15, 0.2) is 30.3 Å². The van der Waals surface area contributed by atoms with Crippen LogP contribution in [0.25, 0.3) is 0 Å². The normalized spacial score (nSPS) is 11.1. The van der Waals surface area contributed by atoms with Gasteiger partial charge in [-0.05, 0) is 54.5 Å². The average Bonchev–Trinajstić information content (AvgIpc) is 2.89. The Morgan fingerprint density at radius 3 is 2.59 bits per heavy atom. The predicted molar refractivity (Wildman–Crippen MR) is 114 cm³/mol. The minimum absolute atomic E-state index is 0.524. The summed E-state index contributed by atoms with van der Waals surface area (Å²) in [6, 6.07) is 9.92. The van der Waals surface area contributed by atoms with Crippen molar-refractivity contribution in [3.63, 3.8) is 0 Å². The van der Waals surface area contributed by atoms with E-state index in [1.165, 1.54) is 35.4 Å². The highest BCUT2D eigenvalue weighted by Crippen LogP contribution is 2.25. The van der Waals surface area contributed by atoms with Crippen LogP contribution < -0.4 is 11.1 Å². The molecule has 2 aromatic rings. The summed E-state index contributed by atoms with van der Waals surface area (Å²) in [6.07, 6.45) is 6.66. The van der Waals surface area contributed by atoms with Crippen molar-refractivity contribution in [1.29, 1.82) is 0 Å². The summed E-state index contributed by atoms with van der Waals surface area (Å²) in [5.41, 5.74) is 11.6. The van der Waals surface area contributed by atoms with E-state index in [9.17, 15) is 4.79 Å². The first-order valence-electron chi connectivity index (χ1n) is 10.3. The molecule has 1 aromatic carbocycles. The van der Waals surface area contributed by atoms with Crippen molar-refractivity contribution in [1.82, 2.24) is 4.57 Å². The number of hydrogen-bond acceptors (Lipinski definition) is 1. The van der Waals surface area contributed by atoms with Crippen molar-refractivity contribution < 1.29 is 4.79 Å². The van der Waals surface area contributed by atoms with Gasteiger partial charge in [0.05, 0.1) is 0 Å². The molecule has 2 rings (SSSR count). The van der Waals surface area contributed by atoms with Gasteiger partial charge in [0, 0.05) is 30.0 Å². The maximum Gasteiger partial charge on any atom is 0.316 e. The number of carbonyl (C=O) groups is 1. The van der Waals surface area contributed by atoms with E-state index in [1.54, 1.807) is 0 Å². The Bertz CT molecular complexity index is 746. The standard InChI is InChI=1S/C23H35N3O/c1-5-7-12-26-21(9-6-2)16-19(13-17(3)4)22(26)15-18-10-8-11-20(14-18)25-23(24)27/h8,10-11,14,16-17H,5-7,9,12-13,15H2,1-4H3,(H3,24,25,27). The van der Waals surface area contributed by atoms with Crippen LogP contribution in [0.1, 0.15) is 69.5 Å². The fourth-order valence-corrected chi connectivity index (χ4v) is 3.69. The third-order valence-electron chi connectivity index (χ3n) is 4.82. The number of unbranched alkanes of at least 4 members (excludes halogenated alkanes) is 1. The van der Waals surface area contributed by atoms with Gasteiger partial charge in [-0.3, -0.25) is 0 Å². The fraction of sp³-hybridized carbons (Fsp3) is 0.522. The number of anilines is 1. The van der Waals surface area contributed by atoms with E-state index >= 15 is 0 Å². The molecule has 1 aromatic heterocycles. The first-order chi connectivity index (χ1) is 12.9. The van der Waals surface area contributed by atoms with Gasteiger partial charge in [-0.25, -0.2) is 4.79 Å². The summed E-state index contributed by atoms with van der Waals surface area (Å²) in [4.78, 5) is 11.2. The zero-order chi connectivity index (χ0) is 19.8. The van der Waals surface area contributed by atoms with Gasteiger partial charge in [0.15, 0.2) is 0 Å². The molecule has 4 nitrogen and oxygen atoms in total. The summed E-state index contributed by atoms with van der Waals surface area (Å²) >= 11 is 0. The second kappa shape index (κ2) is 10.2. The number of amides is 2. The number of nitrogens with two attached hydrogens (primary N) is 1. The molecular formula is C23H35N3O. The monoisotopic (exact) mass is 369 g/mol. The molecule has 148 valence electrons. The van der Waals surface area contributed by atoms with Crippen molar-refractivity contribution in [2.24, 2.45) is 11.7 Å². The van der Waals surface area contributed by atoms with Crippen LogP contribution in [0.3, 0.4) is 0 Å². The number of nitrogens with zero attached hydrogens (tertiary/aromatic N) is 1. The minimum atomic E-state index is -0.524. The van der Waals surface area contributed by atoms with Gasteiger partial charge in [0.25, 0.3) is 0 Å². The smallest absolute Gasteiger partial charge is 0.316 e. The number of hydrogen-bond donors (Lipinski definition) is 2. The number of carbonyl (C=O) groups excluding carboxylic acids is 1. The van der Waals surface area contributed by atoms with Crippen LogP contribution in [0.2, 0.25) is 0 Å². The molecule has 2 amide bonds. The number of primary amides is 1. The van der Waals surface area contributed by atoms with Crippen molar-refractivity contribution in [2.45, 2.75) is 72.8 Å². The predicted octanol–water partition coefficient (Wildman–Crippen LogP) is 5.52. The lowest BCUT2D eigenvalue weighted by Crippen LogP contribution is -2.19. The topological polar surface area (TPSA) is 60.1 Å². The first kappa shape index (κ1) is 21.1. The van der Waals surface area contributed by atoms with Crippen molar-refractivity contribution >= 4 is 11.7 Å². The van der Waals surface area contributed by atoms with Crippen LogP contribution in [-0.4, -0.2) is 10.6 Å². The highest BCUT2D eigenvalue weighted by atomic mass is 16.2. The molecule has 0 atom stereocenters. The molecule has 27 heavy (non-hydrogen) atoms. The lowest BCUT2D eigenvalue weighted by molar-refractivity contribution is 0.259. The summed E-state index contributed by atoms with van der Waals surface area (Å²) in [5, 5.41) is 2.68. The number of nitrogens with one attached hydrogen (secondary N) is 1. The van der Waals surface area contributed by atoms with Crippen LogP contribution in [-0.2, 0) is 25.8 Å². The van der Waals surface area contributed by atoms with E-state index < -0.39 is 6.03 Å². The van der Waals surface area contributed by atoms with Crippen LogP contribution in [0.5, 0.6) is 0 Å². The Balaban J connectivity index is 2.40.